The molecule has 3 aromatic heterocycles. The van der Waals surface area contributed by atoms with E-state index in [0.717, 1.165) is 64.5 Å². The van der Waals surface area contributed by atoms with Crippen LogP contribution in [0.25, 0.3) is 26.4 Å². The molecule has 3 heterocycles. The molecule has 0 atom stereocenters. The van der Waals surface area contributed by atoms with Crippen LogP contribution in [-0.4, -0.2) is 49.9 Å². The maximum atomic E-state index is 12.6. The number of rotatable bonds is 9. The summed E-state index contributed by atoms with van der Waals surface area (Å²) in [7, 11) is 0. The highest BCUT2D eigenvalue weighted by atomic mass is 32.1. The minimum Gasteiger partial charge on any atom is -0.304 e. The lowest BCUT2D eigenvalue weighted by molar-refractivity contribution is 0.0978. The number of imidazole rings is 1. The van der Waals surface area contributed by atoms with Crippen LogP contribution in [0.15, 0.2) is 42.9 Å². The van der Waals surface area contributed by atoms with Crippen LogP contribution in [0, 0.1) is 0 Å². The molecule has 0 saturated carbocycles. The summed E-state index contributed by atoms with van der Waals surface area (Å²) in [4.78, 5) is 20.6. The van der Waals surface area contributed by atoms with Crippen molar-refractivity contribution in [2.45, 2.75) is 33.1 Å². The van der Waals surface area contributed by atoms with E-state index in [9.17, 15) is 4.79 Å². The van der Waals surface area contributed by atoms with Crippen molar-refractivity contribution in [3.8, 4) is 11.3 Å². The van der Waals surface area contributed by atoms with Gasteiger partial charge in [0.1, 0.15) is 0 Å². The van der Waals surface area contributed by atoms with E-state index >= 15 is 0 Å². The normalized spacial score (nSPS) is 11.7. The average molecular weight is 408 g/mol. The molecule has 6 nitrogen and oxygen atoms in total. The van der Waals surface area contributed by atoms with Gasteiger partial charge >= 0.3 is 0 Å². The summed E-state index contributed by atoms with van der Waals surface area (Å²) in [5.74, 6) is 0.223. The Kier molecular flexibility index (Phi) is 5.97. The average Bonchev–Trinajstić information content (AvgIpc) is 3.32. The molecule has 0 bridgehead atoms. The second-order valence-electron chi connectivity index (χ2n) is 7.10. The van der Waals surface area contributed by atoms with E-state index in [-0.39, 0.29) is 5.78 Å². The van der Waals surface area contributed by atoms with Crippen LogP contribution in [0.5, 0.6) is 0 Å². The van der Waals surface area contributed by atoms with Gasteiger partial charge in [0.05, 0.1) is 28.3 Å². The lowest BCUT2D eigenvalue weighted by atomic mass is 10.1. The van der Waals surface area contributed by atoms with Gasteiger partial charge in [-0.1, -0.05) is 25.2 Å². The third kappa shape index (κ3) is 4.21. The highest BCUT2D eigenvalue weighted by molar-refractivity contribution is 7.23. The third-order valence-electron chi connectivity index (χ3n) is 5.32. The molecule has 4 aromatic rings. The van der Waals surface area contributed by atoms with Crippen LogP contribution in [0.4, 0.5) is 0 Å². The zero-order valence-corrected chi connectivity index (χ0v) is 17.7. The van der Waals surface area contributed by atoms with E-state index in [0.29, 0.717) is 6.42 Å². The second-order valence-corrected chi connectivity index (χ2v) is 8.11. The third-order valence-corrected chi connectivity index (χ3v) is 6.34. The van der Waals surface area contributed by atoms with Gasteiger partial charge in [0.15, 0.2) is 10.7 Å². The molecule has 0 aliphatic rings. The minimum absolute atomic E-state index is 0.223. The summed E-state index contributed by atoms with van der Waals surface area (Å²) in [6, 6.07) is 7.88. The molecule has 0 fully saturated rings. The fourth-order valence-corrected chi connectivity index (χ4v) is 4.61. The van der Waals surface area contributed by atoms with Crippen molar-refractivity contribution in [1.82, 2.24) is 24.5 Å². The summed E-state index contributed by atoms with van der Waals surface area (Å²) in [6.45, 7) is 7.56. The summed E-state index contributed by atoms with van der Waals surface area (Å²) in [5, 5.41) is 7.74. The number of thiazole rings is 1. The van der Waals surface area contributed by atoms with Gasteiger partial charge < -0.3 is 4.90 Å². The first kappa shape index (κ1) is 19.7. The second kappa shape index (κ2) is 8.80. The molecule has 0 amide bonds. The van der Waals surface area contributed by atoms with Crippen molar-refractivity contribution in [2.24, 2.45) is 0 Å². The number of benzene rings is 1. The number of ketones is 1. The van der Waals surface area contributed by atoms with E-state index in [1.165, 1.54) is 0 Å². The standard InChI is InChI=1S/C22H25N5OS/c1-3-26(4-2)12-6-5-7-20(28)16-8-9-19-21(13-16)29-22-25-18(15-27(19)22)17-10-11-23-24-14-17/h8-11,13-15H,3-7,12H2,1-2H3. The zero-order chi connectivity index (χ0) is 20.2. The summed E-state index contributed by atoms with van der Waals surface area (Å²) < 4.78 is 3.16. The maximum absolute atomic E-state index is 12.6. The molecule has 0 aliphatic heterocycles. The Hall–Kier alpha value is -2.64. The number of fused-ring (bicyclic) bond motifs is 3. The molecular weight excluding hydrogens is 382 g/mol. The number of aromatic nitrogens is 4. The van der Waals surface area contributed by atoms with Crippen molar-refractivity contribution in [2.75, 3.05) is 19.6 Å². The Bertz CT molecular complexity index is 1110. The Morgan fingerprint density at radius 1 is 1.14 bits per heavy atom. The lowest BCUT2D eigenvalue weighted by Crippen LogP contribution is -2.24. The van der Waals surface area contributed by atoms with E-state index < -0.39 is 0 Å². The van der Waals surface area contributed by atoms with Crippen LogP contribution in [0.3, 0.4) is 0 Å². The van der Waals surface area contributed by atoms with Crippen LogP contribution < -0.4 is 0 Å². The molecule has 1 aromatic carbocycles. The Labute approximate surface area is 174 Å². The smallest absolute Gasteiger partial charge is 0.195 e. The van der Waals surface area contributed by atoms with Crippen LogP contribution in [0.1, 0.15) is 43.5 Å². The van der Waals surface area contributed by atoms with Crippen LogP contribution >= 0.6 is 11.3 Å². The fraction of sp³-hybridized carbons (Fsp3) is 0.364. The Balaban J connectivity index is 1.47. The van der Waals surface area contributed by atoms with E-state index in [1.54, 1.807) is 23.7 Å². The van der Waals surface area contributed by atoms with Crippen molar-refractivity contribution in [3.05, 3.63) is 48.4 Å². The fourth-order valence-electron chi connectivity index (χ4n) is 3.56. The molecular formula is C22H25N5OS. The SMILES string of the molecule is CCN(CC)CCCCC(=O)c1ccc2c(c1)sc1nc(-c3ccnnc3)cn12. The van der Waals surface area contributed by atoms with Crippen molar-refractivity contribution >= 4 is 32.3 Å². The van der Waals surface area contributed by atoms with Crippen molar-refractivity contribution < 1.29 is 4.79 Å². The number of nitrogens with zero attached hydrogens (tertiary/aromatic N) is 5. The highest BCUT2D eigenvalue weighted by Crippen LogP contribution is 2.30. The highest BCUT2D eigenvalue weighted by Gasteiger charge is 2.13. The molecule has 0 saturated heterocycles. The number of hydrogen-bond acceptors (Lipinski definition) is 6. The van der Waals surface area contributed by atoms with Crippen molar-refractivity contribution in [1.29, 1.82) is 0 Å². The van der Waals surface area contributed by atoms with Gasteiger partial charge in [-0.2, -0.15) is 10.2 Å². The van der Waals surface area contributed by atoms with Gasteiger partial charge in [-0.15, -0.1) is 0 Å². The monoisotopic (exact) mass is 407 g/mol. The molecule has 7 heteroatoms. The molecule has 4 rings (SSSR count). The first-order chi connectivity index (χ1) is 14.2. The van der Waals surface area contributed by atoms with E-state index in [4.69, 9.17) is 4.98 Å². The Morgan fingerprint density at radius 2 is 2.00 bits per heavy atom. The predicted octanol–water partition coefficient (Wildman–Crippen LogP) is 4.70. The molecule has 0 aliphatic carbocycles. The van der Waals surface area contributed by atoms with E-state index in [2.05, 4.69) is 33.3 Å². The lowest BCUT2D eigenvalue weighted by Gasteiger charge is -2.17. The van der Waals surface area contributed by atoms with Gasteiger partial charge in [-0.05, 0) is 56.7 Å². The van der Waals surface area contributed by atoms with E-state index in [1.807, 2.05) is 30.5 Å². The number of unbranched alkanes of at least 4 members (excludes halogenated alkanes) is 1. The number of carbonyl (C=O) groups excluding carboxylic acids is 1. The molecule has 29 heavy (non-hydrogen) atoms. The summed E-state index contributed by atoms with van der Waals surface area (Å²) in [6.07, 6.45) is 8.00. The molecule has 0 unspecified atom stereocenters. The quantitative estimate of drug-likeness (QED) is 0.297. The van der Waals surface area contributed by atoms with Gasteiger partial charge in [0.25, 0.3) is 0 Å². The molecule has 0 N–H and O–H groups in total. The number of carbonyl (C=O) groups is 1. The molecule has 150 valence electrons. The van der Waals surface area contributed by atoms with Gasteiger partial charge in [0.2, 0.25) is 0 Å². The zero-order valence-electron chi connectivity index (χ0n) is 16.8. The summed E-state index contributed by atoms with van der Waals surface area (Å²) >= 11 is 1.60. The summed E-state index contributed by atoms with van der Waals surface area (Å²) in [5.41, 5.74) is 3.69. The van der Waals surface area contributed by atoms with Crippen LogP contribution in [0.2, 0.25) is 0 Å². The minimum atomic E-state index is 0.223. The Morgan fingerprint density at radius 3 is 2.76 bits per heavy atom. The van der Waals surface area contributed by atoms with Crippen LogP contribution in [-0.2, 0) is 0 Å². The molecule has 0 radical (unpaired) electrons. The maximum Gasteiger partial charge on any atom is 0.195 e. The first-order valence-corrected chi connectivity index (χ1v) is 11.0. The van der Waals surface area contributed by atoms with Gasteiger partial charge in [0, 0.05) is 23.7 Å². The number of hydrogen-bond donors (Lipinski definition) is 0. The van der Waals surface area contributed by atoms with Gasteiger partial charge in [-0.3, -0.25) is 9.20 Å². The van der Waals surface area contributed by atoms with Gasteiger partial charge in [-0.25, -0.2) is 4.98 Å². The number of Topliss-reactive ketones (excluding diaryl/α,β-unsaturated/α-hetero) is 1. The topological polar surface area (TPSA) is 63.4 Å². The predicted molar refractivity (Wildman–Crippen MR) is 118 cm³/mol. The largest absolute Gasteiger partial charge is 0.304 e. The van der Waals surface area contributed by atoms with Crippen molar-refractivity contribution in [3.63, 3.8) is 0 Å². The first-order valence-electron chi connectivity index (χ1n) is 10.1. The molecule has 0 spiro atoms.